The van der Waals surface area contributed by atoms with E-state index in [0.717, 1.165) is 24.9 Å². The molecular weight excluding hydrogens is 238 g/mol. The number of para-hydroxylation sites is 1. The van der Waals surface area contributed by atoms with Gasteiger partial charge in [-0.1, -0.05) is 25.1 Å². The number of aliphatic hydroxyl groups excluding tert-OH is 1. The molecule has 1 aliphatic heterocycles. The van der Waals surface area contributed by atoms with Gasteiger partial charge in [0.05, 0.1) is 17.7 Å². The summed E-state index contributed by atoms with van der Waals surface area (Å²) in [5.41, 5.74) is 1.91. The van der Waals surface area contributed by atoms with Gasteiger partial charge in [0.15, 0.2) is 0 Å². The molecule has 1 aromatic rings. The summed E-state index contributed by atoms with van der Waals surface area (Å²) in [6, 6.07) is 8.22. The number of anilines is 1. The highest BCUT2D eigenvalue weighted by molar-refractivity contribution is 5.52. The molecular formula is C16H25NO2. The molecule has 106 valence electrons. The van der Waals surface area contributed by atoms with Crippen molar-refractivity contribution < 1.29 is 9.84 Å². The molecule has 1 saturated heterocycles. The minimum Gasteiger partial charge on any atom is -0.394 e. The van der Waals surface area contributed by atoms with E-state index in [1.54, 1.807) is 0 Å². The van der Waals surface area contributed by atoms with Crippen molar-refractivity contribution in [1.29, 1.82) is 0 Å². The third-order valence-electron chi connectivity index (χ3n) is 4.34. The van der Waals surface area contributed by atoms with Crippen molar-refractivity contribution >= 4 is 5.69 Å². The van der Waals surface area contributed by atoms with Crippen molar-refractivity contribution in [2.45, 2.75) is 51.2 Å². The minimum absolute atomic E-state index is 0.139. The fourth-order valence-corrected chi connectivity index (χ4v) is 2.86. The van der Waals surface area contributed by atoms with Crippen LogP contribution in [0.4, 0.5) is 5.69 Å². The van der Waals surface area contributed by atoms with Gasteiger partial charge in [-0.15, -0.1) is 0 Å². The molecule has 2 atom stereocenters. The van der Waals surface area contributed by atoms with E-state index in [0.29, 0.717) is 6.61 Å². The van der Waals surface area contributed by atoms with Gasteiger partial charge in [-0.2, -0.15) is 0 Å². The smallest absolute Gasteiger partial charge is 0.0675 e. The zero-order valence-electron chi connectivity index (χ0n) is 12.2. The largest absolute Gasteiger partial charge is 0.394 e. The van der Waals surface area contributed by atoms with E-state index >= 15 is 0 Å². The van der Waals surface area contributed by atoms with Crippen LogP contribution in [0.5, 0.6) is 0 Å². The molecule has 19 heavy (non-hydrogen) atoms. The maximum Gasteiger partial charge on any atom is 0.0675 e. The Morgan fingerprint density at radius 1 is 1.37 bits per heavy atom. The standard InChI is InChI=1S/C16H25NO2/c1-4-15(3)11-16(12-18,9-10-19-15)17-14-8-6-5-7-13(14)2/h5-8,17-18H,4,9-12H2,1-3H3. The van der Waals surface area contributed by atoms with E-state index in [1.165, 1.54) is 5.56 Å². The molecule has 1 aliphatic rings. The van der Waals surface area contributed by atoms with E-state index in [9.17, 15) is 5.11 Å². The molecule has 0 spiro atoms. The van der Waals surface area contributed by atoms with Crippen molar-refractivity contribution in [2.75, 3.05) is 18.5 Å². The predicted molar refractivity (Wildman–Crippen MR) is 78.5 cm³/mol. The second-order valence-electron chi connectivity index (χ2n) is 5.96. The van der Waals surface area contributed by atoms with Gasteiger partial charge in [0.1, 0.15) is 0 Å². The Bertz CT molecular complexity index is 435. The summed E-state index contributed by atoms with van der Waals surface area (Å²) in [6.45, 7) is 7.20. The normalized spacial score (nSPS) is 31.2. The number of ether oxygens (including phenoxy) is 1. The lowest BCUT2D eigenvalue weighted by atomic mass is 9.79. The van der Waals surface area contributed by atoms with E-state index in [4.69, 9.17) is 4.74 Å². The summed E-state index contributed by atoms with van der Waals surface area (Å²) in [4.78, 5) is 0. The number of benzene rings is 1. The van der Waals surface area contributed by atoms with Crippen molar-refractivity contribution in [3.63, 3.8) is 0 Å². The Morgan fingerprint density at radius 3 is 2.74 bits per heavy atom. The first kappa shape index (κ1) is 14.4. The summed E-state index contributed by atoms with van der Waals surface area (Å²) in [5.74, 6) is 0. The summed E-state index contributed by atoms with van der Waals surface area (Å²) in [7, 11) is 0. The van der Waals surface area contributed by atoms with Gasteiger partial charge in [-0.25, -0.2) is 0 Å². The van der Waals surface area contributed by atoms with Crippen LogP contribution in [0.1, 0.15) is 38.7 Å². The number of aliphatic hydroxyl groups is 1. The number of hydrogen-bond acceptors (Lipinski definition) is 3. The van der Waals surface area contributed by atoms with Gasteiger partial charge in [-0.3, -0.25) is 0 Å². The molecule has 1 fully saturated rings. The van der Waals surface area contributed by atoms with E-state index < -0.39 is 0 Å². The molecule has 2 unspecified atom stereocenters. The van der Waals surface area contributed by atoms with Gasteiger partial charge >= 0.3 is 0 Å². The molecule has 2 N–H and O–H groups in total. The first-order valence-corrected chi connectivity index (χ1v) is 7.11. The Kier molecular flexibility index (Phi) is 4.16. The fourth-order valence-electron chi connectivity index (χ4n) is 2.86. The maximum atomic E-state index is 9.90. The van der Waals surface area contributed by atoms with Crippen molar-refractivity contribution in [1.82, 2.24) is 0 Å². The molecule has 0 saturated carbocycles. The predicted octanol–water partition coefficient (Wildman–Crippen LogP) is 3.12. The molecule has 1 heterocycles. The quantitative estimate of drug-likeness (QED) is 0.877. The average molecular weight is 263 g/mol. The molecule has 3 heteroatoms. The van der Waals surface area contributed by atoms with Crippen LogP contribution in [0.3, 0.4) is 0 Å². The zero-order chi connectivity index (χ0) is 13.9. The van der Waals surface area contributed by atoms with Gasteiger partial charge in [-0.05, 0) is 38.3 Å². The lowest BCUT2D eigenvalue weighted by molar-refractivity contribution is -0.0973. The first-order chi connectivity index (χ1) is 9.02. The van der Waals surface area contributed by atoms with Crippen LogP contribution in [0, 0.1) is 6.92 Å². The topological polar surface area (TPSA) is 41.5 Å². The van der Waals surface area contributed by atoms with Crippen LogP contribution in [0.25, 0.3) is 0 Å². The lowest BCUT2D eigenvalue weighted by Crippen LogP contribution is -2.54. The highest BCUT2D eigenvalue weighted by atomic mass is 16.5. The number of hydrogen-bond donors (Lipinski definition) is 2. The monoisotopic (exact) mass is 263 g/mol. The van der Waals surface area contributed by atoms with E-state index in [2.05, 4.69) is 38.2 Å². The Labute approximate surface area is 116 Å². The summed E-state index contributed by atoms with van der Waals surface area (Å²) in [6.07, 6.45) is 2.64. The van der Waals surface area contributed by atoms with Crippen molar-refractivity contribution in [3.8, 4) is 0 Å². The van der Waals surface area contributed by atoms with E-state index in [-0.39, 0.29) is 17.7 Å². The van der Waals surface area contributed by atoms with Crippen molar-refractivity contribution in [3.05, 3.63) is 29.8 Å². The average Bonchev–Trinajstić information content (AvgIpc) is 2.42. The van der Waals surface area contributed by atoms with Crippen LogP contribution in [-0.2, 0) is 4.74 Å². The van der Waals surface area contributed by atoms with Crippen LogP contribution in [0.2, 0.25) is 0 Å². The zero-order valence-corrected chi connectivity index (χ0v) is 12.2. The summed E-state index contributed by atoms with van der Waals surface area (Å²) < 4.78 is 5.89. The molecule has 1 aromatic carbocycles. The minimum atomic E-state index is -0.269. The first-order valence-electron chi connectivity index (χ1n) is 7.11. The molecule has 3 nitrogen and oxygen atoms in total. The lowest BCUT2D eigenvalue weighted by Gasteiger charge is -2.46. The van der Waals surface area contributed by atoms with Crippen LogP contribution in [-0.4, -0.2) is 29.5 Å². The second kappa shape index (κ2) is 5.51. The Morgan fingerprint density at radius 2 is 2.11 bits per heavy atom. The van der Waals surface area contributed by atoms with Crippen LogP contribution >= 0.6 is 0 Å². The number of rotatable bonds is 4. The van der Waals surface area contributed by atoms with Crippen molar-refractivity contribution in [2.24, 2.45) is 0 Å². The van der Waals surface area contributed by atoms with E-state index in [1.807, 2.05) is 12.1 Å². The molecule has 0 amide bonds. The fraction of sp³-hybridized carbons (Fsp3) is 0.625. The third-order valence-corrected chi connectivity index (χ3v) is 4.34. The third kappa shape index (κ3) is 3.10. The SMILES string of the molecule is CCC1(C)CC(CO)(Nc2ccccc2C)CCO1. The maximum absolute atomic E-state index is 9.90. The number of aryl methyl sites for hydroxylation is 1. The van der Waals surface area contributed by atoms with Crippen LogP contribution < -0.4 is 5.32 Å². The highest BCUT2D eigenvalue weighted by Crippen LogP contribution is 2.37. The summed E-state index contributed by atoms with van der Waals surface area (Å²) >= 11 is 0. The molecule has 0 radical (unpaired) electrons. The molecule has 0 bridgehead atoms. The second-order valence-corrected chi connectivity index (χ2v) is 5.96. The van der Waals surface area contributed by atoms with Gasteiger partial charge in [0, 0.05) is 18.7 Å². The van der Waals surface area contributed by atoms with Gasteiger partial charge in [0.25, 0.3) is 0 Å². The Hall–Kier alpha value is -1.06. The molecule has 2 rings (SSSR count). The number of nitrogens with one attached hydrogen (secondary N) is 1. The molecule has 0 aromatic heterocycles. The van der Waals surface area contributed by atoms with Gasteiger partial charge < -0.3 is 15.2 Å². The molecule has 0 aliphatic carbocycles. The highest BCUT2D eigenvalue weighted by Gasteiger charge is 2.42. The van der Waals surface area contributed by atoms with Gasteiger partial charge in [0.2, 0.25) is 0 Å². The van der Waals surface area contributed by atoms with Crippen LogP contribution in [0.15, 0.2) is 24.3 Å². The Balaban J connectivity index is 2.21. The summed E-state index contributed by atoms with van der Waals surface area (Å²) in [5, 5.41) is 13.5.